The number of carbonyl (C=O) groups excluding carboxylic acids is 2. The van der Waals surface area contributed by atoms with Crippen LogP contribution < -0.4 is 10.6 Å². The van der Waals surface area contributed by atoms with Gasteiger partial charge >= 0.3 is 0 Å². The van der Waals surface area contributed by atoms with Gasteiger partial charge in [0, 0.05) is 12.6 Å². The van der Waals surface area contributed by atoms with Gasteiger partial charge in [0.25, 0.3) is 5.91 Å². The van der Waals surface area contributed by atoms with Crippen LogP contribution in [0, 0.1) is 5.92 Å². The first-order valence-electron chi connectivity index (χ1n) is 8.52. The molecule has 0 aliphatic carbocycles. The molecule has 2 N–H and O–H groups in total. The Balaban J connectivity index is 0.00000208. The molecule has 24 heavy (non-hydrogen) atoms. The molecule has 2 amide bonds. The van der Waals surface area contributed by atoms with Crippen molar-refractivity contribution in [1.29, 1.82) is 0 Å². The van der Waals surface area contributed by atoms with Crippen molar-refractivity contribution in [2.45, 2.75) is 44.7 Å². The van der Waals surface area contributed by atoms with Crippen molar-refractivity contribution in [3.63, 3.8) is 0 Å². The van der Waals surface area contributed by atoms with E-state index < -0.39 is 0 Å². The zero-order valence-corrected chi connectivity index (χ0v) is 15.6. The first kappa shape index (κ1) is 19.2. The Morgan fingerprint density at radius 1 is 1.33 bits per heavy atom. The maximum absolute atomic E-state index is 12.8. The fourth-order valence-electron chi connectivity index (χ4n) is 3.50. The number of piperidine rings is 2. The van der Waals surface area contributed by atoms with Crippen molar-refractivity contribution in [3.05, 3.63) is 22.4 Å². The molecule has 134 valence electrons. The number of carbonyl (C=O) groups is 2. The standard InChI is InChI=1S/C17H25N3O2S.ClH/c1-12-11-18-8-7-13(12)19-16(21)14-5-2-3-9-20(14)17(22)15-6-4-10-23-15;/h4,6,10,12-14,18H,2-3,5,7-9,11H2,1H3,(H,19,21);1H. The molecule has 1 aromatic rings. The van der Waals surface area contributed by atoms with Gasteiger partial charge in [0.2, 0.25) is 5.91 Å². The molecule has 1 aromatic heterocycles. The minimum Gasteiger partial charge on any atom is -0.351 e. The molecule has 2 aliphatic rings. The van der Waals surface area contributed by atoms with Gasteiger partial charge in [-0.3, -0.25) is 9.59 Å². The highest BCUT2D eigenvalue weighted by atomic mass is 35.5. The molecule has 0 spiro atoms. The molecule has 0 aromatic carbocycles. The summed E-state index contributed by atoms with van der Waals surface area (Å²) < 4.78 is 0. The van der Waals surface area contributed by atoms with Gasteiger partial charge in [-0.1, -0.05) is 13.0 Å². The van der Waals surface area contributed by atoms with Crippen molar-refractivity contribution in [2.24, 2.45) is 5.92 Å². The number of thiophene rings is 1. The van der Waals surface area contributed by atoms with Crippen molar-refractivity contribution < 1.29 is 9.59 Å². The summed E-state index contributed by atoms with van der Waals surface area (Å²) in [4.78, 5) is 27.9. The molecule has 2 aliphatic heterocycles. The highest BCUT2D eigenvalue weighted by Gasteiger charge is 2.34. The molecule has 2 fully saturated rings. The Morgan fingerprint density at radius 2 is 2.17 bits per heavy atom. The van der Waals surface area contributed by atoms with Crippen molar-refractivity contribution in [3.8, 4) is 0 Å². The van der Waals surface area contributed by atoms with Gasteiger partial charge in [-0.15, -0.1) is 23.7 Å². The monoisotopic (exact) mass is 371 g/mol. The largest absolute Gasteiger partial charge is 0.351 e. The van der Waals surface area contributed by atoms with Crippen LogP contribution in [0.2, 0.25) is 0 Å². The first-order chi connectivity index (χ1) is 11.2. The van der Waals surface area contributed by atoms with Gasteiger partial charge < -0.3 is 15.5 Å². The van der Waals surface area contributed by atoms with E-state index in [0.717, 1.165) is 43.6 Å². The predicted molar refractivity (Wildman–Crippen MR) is 98.8 cm³/mol. The second-order valence-electron chi connectivity index (χ2n) is 6.57. The molecule has 0 saturated carbocycles. The van der Waals surface area contributed by atoms with Crippen LogP contribution in [0.1, 0.15) is 42.3 Å². The summed E-state index contributed by atoms with van der Waals surface area (Å²) in [7, 11) is 0. The molecule has 2 saturated heterocycles. The normalized spacial score (nSPS) is 27.2. The molecule has 0 radical (unpaired) electrons. The van der Waals surface area contributed by atoms with Crippen LogP contribution in [0.3, 0.4) is 0 Å². The van der Waals surface area contributed by atoms with E-state index >= 15 is 0 Å². The fourth-order valence-corrected chi connectivity index (χ4v) is 4.18. The molecule has 3 unspecified atom stereocenters. The summed E-state index contributed by atoms with van der Waals surface area (Å²) in [6, 6.07) is 3.61. The number of likely N-dealkylation sites (tertiary alicyclic amines) is 1. The van der Waals surface area contributed by atoms with E-state index in [1.807, 2.05) is 17.5 Å². The summed E-state index contributed by atoms with van der Waals surface area (Å²) in [5, 5.41) is 8.45. The number of halogens is 1. The lowest BCUT2D eigenvalue weighted by atomic mass is 9.94. The maximum atomic E-state index is 12.8. The van der Waals surface area contributed by atoms with E-state index in [4.69, 9.17) is 0 Å². The van der Waals surface area contributed by atoms with E-state index in [2.05, 4.69) is 17.6 Å². The summed E-state index contributed by atoms with van der Waals surface area (Å²) >= 11 is 1.44. The highest BCUT2D eigenvalue weighted by molar-refractivity contribution is 7.12. The zero-order valence-electron chi connectivity index (χ0n) is 14.0. The van der Waals surface area contributed by atoms with E-state index in [0.29, 0.717) is 12.5 Å². The van der Waals surface area contributed by atoms with E-state index in [1.54, 1.807) is 4.90 Å². The molecule has 0 bridgehead atoms. The Morgan fingerprint density at radius 3 is 2.88 bits per heavy atom. The average molecular weight is 372 g/mol. The minimum absolute atomic E-state index is 0. The lowest BCUT2D eigenvalue weighted by molar-refractivity contribution is -0.127. The number of hydrogen-bond donors (Lipinski definition) is 2. The third kappa shape index (κ3) is 4.29. The number of hydrogen-bond acceptors (Lipinski definition) is 4. The summed E-state index contributed by atoms with van der Waals surface area (Å²) in [5.41, 5.74) is 0. The summed E-state index contributed by atoms with van der Waals surface area (Å²) in [6.45, 7) is 4.72. The van der Waals surface area contributed by atoms with Gasteiger partial charge in [0.1, 0.15) is 6.04 Å². The van der Waals surface area contributed by atoms with Crippen LogP contribution in [0.25, 0.3) is 0 Å². The van der Waals surface area contributed by atoms with Crippen LogP contribution in [0.5, 0.6) is 0 Å². The predicted octanol–water partition coefficient (Wildman–Crippen LogP) is 2.28. The third-order valence-corrected chi connectivity index (χ3v) is 5.77. The van der Waals surface area contributed by atoms with Crippen LogP contribution >= 0.6 is 23.7 Å². The highest BCUT2D eigenvalue weighted by Crippen LogP contribution is 2.22. The third-order valence-electron chi connectivity index (χ3n) is 4.91. The van der Waals surface area contributed by atoms with E-state index in [-0.39, 0.29) is 36.3 Å². The maximum Gasteiger partial charge on any atom is 0.264 e. The summed E-state index contributed by atoms with van der Waals surface area (Å²) in [5.74, 6) is 0.448. The lowest BCUT2D eigenvalue weighted by Crippen LogP contribution is -2.56. The smallest absolute Gasteiger partial charge is 0.264 e. The van der Waals surface area contributed by atoms with Crippen molar-refractivity contribution in [2.75, 3.05) is 19.6 Å². The zero-order chi connectivity index (χ0) is 16.2. The molecular formula is C17H26ClN3O2S. The quantitative estimate of drug-likeness (QED) is 0.856. The van der Waals surface area contributed by atoms with Gasteiger partial charge in [0.05, 0.1) is 4.88 Å². The number of amides is 2. The van der Waals surface area contributed by atoms with Crippen LogP contribution in [-0.4, -0.2) is 48.4 Å². The SMILES string of the molecule is CC1CNCCC1NC(=O)C1CCCCN1C(=O)c1cccs1.Cl. The Bertz CT molecular complexity index is 552. The van der Waals surface area contributed by atoms with E-state index in [9.17, 15) is 9.59 Å². The first-order valence-corrected chi connectivity index (χ1v) is 9.40. The second kappa shape index (κ2) is 8.83. The topological polar surface area (TPSA) is 61.4 Å². The molecule has 3 heterocycles. The molecule has 5 nitrogen and oxygen atoms in total. The molecular weight excluding hydrogens is 346 g/mol. The van der Waals surface area contributed by atoms with Gasteiger partial charge in [0.15, 0.2) is 0 Å². The fraction of sp³-hybridized carbons (Fsp3) is 0.647. The second-order valence-corrected chi connectivity index (χ2v) is 7.52. The van der Waals surface area contributed by atoms with Crippen LogP contribution in [0.15, 0.2) is 17.5 Å². The number of nitrogens with one attached hydrogen (secondary N) is 2. The Kier molecular flexibility index (Phi) is 7.07. The van der Waals surface area contributed by atoms with Crippen LogP contribution in [-0.2, 0) is 4.79 Å². The minimum atomic E-state index is -0.319. The van der Waals surface area contributed by atoms with Gasteiger partial charge in [-0.05, 0) is 56.1 Å². The van der Waals surface area contributed by atoms with Crippen molar-refractivity contribution in [1.82, 2.24) is 15.5 Å². The summed E-state index contributed by atoms with van der Waals surface area (Å²) in [6.07, 6.45) is 3.71. The molecule has 7 heteroatoms. The van der Waals surface area contributed by atoms with Crippen molar-refractivity contribution >= 4 is 35.6 Å². The number of rotatable bonds is 3. The average Bonchev–Trinajstić information content (AvgIpc) is 3.11. The molecule has 3 atom stereocenters. The Hall–Kier alpha value is -1.11. The van der Waals surface area contributed by atoms with Gasteiger partial charge in [-0.2, -0.15) is 0 Å². The Labute approximate surface area is 153 Å². The van der Waals surface area contributed by atoms with Crippen LogP contribution in [0.4, 0.5) is 0 Å². The number of nitrogens with zero attached hydrogens (tertiary/aromatic N) is 1. The van der Waals surface area contributed by atoms with Gasteiger partial charge in [-0.25, -0.2) is 0 Å². The lowest BCUT2D eigenvalue weighted by Gasteiger charge is -2.37. The molecule has 3 rings (SSSR count). The van der Waals surface area contributed by atoms with E-state index in [1.165, 1.54) is 11.3 Å².